The highest BCUT2D eigenvalue weighted by atomic mass is 127. The van der Waals surface area contributed by atoms with Crippen molar-refractivity contribution in [2.24, 2.45) is 0 Å². The van der Waals surface area contributed by atoms with Gasteiger partial charge in [0.1, 0.15) is 3.70 Å². The molecule has 1 aromatic heterocycles. The van der Waals surface area contributed by atoms with Gasteiger partial charge in [-0.1, -0.05) is 13.8 Å². The van der Waals surface area contributed by atoms with E-state index in [2.05, 4.69) is 95.3 Å². The Morgan fingerprint density at radius 2 is 1.50 bits per heavy atom. The fourth-order valence-corrected chi connectivity index (χ4v) is 3.10. The Morgan fingerprint density at radius 3 is 1.92 bits per heavy atom. The van der Waals surface area contributed by atoms with Crippen molar-refractivity contribution in [1.82, 2.24) is 4.98 Å². The molecule has 0 spiro atoms. The fraction of sp³-hybridized carbons (Fsp3) is 0.286. The summed E-state index contributed by atoms with van der Waals surface area (Å²) in [6, 6.07) is 0. The molecular weight excluding hydrogens is 606 g/mol. The van der Waals surface area contributed by atoms with Gasteiger partial charge < -0.3 is 0 Å². The molecule has 0 amide bonds. The second-order valence-corrected chi connectivity index (χ2v) is 5.87. The van der Waals surface area contributed by atoms with Gasteiger partial charge in [0, 0.05) is 13.3 Å². The largest absolute Gasteiger partial charge is 0.248 e. The van der Waals surface area contributed by atoms with Crippen molar-refractivity contribution in [3.05, 3.63) is 20.6 Å². The van der Waals surface area contributed by atoms with Gasteiger partial charge >= 0.3 is 0 Å². The van der Waals surface area contributed by atoms with Gasteiger partial charge in [0.2, 0.25) is 0 Å². The first kappa shape index (κ1) is 14.1. The van der Waals surface area contributed by atoms with Crippen LogP contribution in [-0.2, 0) is 0 Å². The Kier molecular flexibility index (Phi) is 8.65. The van der Waals surface area contributed by atoms with Crippen LogP contribution < -0.4 is 0 Å². The maximum Gasteiger partial charge on any atom is 0.115 e. The van der Waals surface area contributed by atoms with Crippen LogP contribution in [0, 0.1) is 14.4 Å². The molecule has 0 aromatic carbocycles. The molecule has 1 aromatic rings. The Bertz CT molecular complexity index is 235. The van der Waals surface area contributed by atoms with Gasteiger partial charge in [0.15, 0.2) is 0 Å². The molecule has 0 atom stereocenters. The molecule has 0 saturated carbocycles. The van der Waals surface area contributed by atoms with E-state index in [1.54, 1.807) is 0 Å². The second-order valence-electron chi connectivity index (χ2n) is 1.52. The minimum Gasteiger partial charge on any atom is -0.248 e. The highest BCUT2D eigenvalue weighted by Crippen LogP contribution is 2.23. The number of halogens is 4. The average molecular weight is 613 g/mol. The summed E-state index contributed by atoms with van der Waals surface area (Å²) in [6.07, 6.45) is 1.90. The highest BCUT2D eigenvalue weighted by molar-refractivity contribution is 14.1. The van der Waals surface area contributed by atoms with E-state index in [1.165, 1.54) is 10.7 Å². The van der Waals surface area contributed by atoms with Crippen molar-refractivity contribution < 1.29 is 0 Å². The Labute approximate surface area is 127 Å². The van der Waals surface area contributed by atoms with E-state index in [0.717, 1.165) is 3.70 Å². The summed E-state index contributed by atoms with van der Waals surface area (Å²) in [6.45, 7) is 4.00. The number of rotatable bonds is 0. The smallest absolute Gasteiger partial charge is 0.115 e. The quantitative estimate of drug-likeness (QED) is 0.310. The van der Waals surface area contributed by atoms with Crippen molar-refractivity contribution in [2.45, 2.75) is 13.8 Å². The molecule has 0 N–H and O–H groups in total. The predicted octanol–water partition coefficient (Wildman–Crippen LogP) is 4.53. The summed E-state index contributed by atoms with van der Waals surface area (Å²) in [5, 5.41) is 0. The molecule has 0 saturated heterocycles. The third-order valence-corrected chi connectivity index (χ3v) is 7.78. The minimum absolute atomic E-state index is 1.09. The van der Waals surface area contributed by atoms with E-state index < -0.39 is 0 Å². The predicted molar refractivity (Wildman–Crippen MR) is 86.5 cm³/mol. The van der Waals surface area contributed by atoms with Crippen LogP contribution in [0.1, 0.15) is 13.8 Å². The van der Waals surface area contributed by atoms with Crippen LogP contribution >= 0.6 is 90.4 Å². The number of pyridine rings is 1. The number of aromatic nitrogens is 1. The third-order valence-electron chi connectivity index (χ3n) is 0.875. The molecule has 1 heterocycles. The van der Waals surface area contributed by atoms with E-state index in [-0.39, 0.29) is 0 Å². The zero-order chi connectivity index (χ0) is 9.72. The first-order chi connectivity index (χ1) is 5.63. The summed E-state index contributed by atoms with van der Waals surface area (Å²) in [5.74, 6) is 0. The Hall–Kier alpha value is 2.07. The van der Waals surface area contributed by atoms with Crippen LogP contribution in [0.4, 0.5) is 0 Å². The molecule has 68 valence electrons. The molecule has 1 rings (SSSR count). The fourth-order valence-electron chi connectivity index (χ4n) is 0.422. The van der Waals surface area contributed by atoms with Gasteiger partial charge in [-0.25, -0.2) is 4.98 Å². The third kappa shape index (κ3) is 4.07. The Balaban J connectivity index is 0.000000561. The van der Waals surface area contributed by atoms with Crippen LogP contribution in [0.25, 0.3) is 0 Å². The molecule has 0 aliphatic heterocycles. The van der Waals surface area contributed by atoms with Crippen molar-refractivity contribution in [3.8, 4) is 0 Å². The molecule has 0 unspecified atom stereocenters. The second kappa shape index (κ2) is 7.37. The number of nitrogens with zero attached hydrogens (tertiary/aromatic N) is 1. The molecule has 1 nitrogen and oxygen atoms in total. The standard InChI is InChI=1S/C5HI4N.C2H6/c6-2-1-10-5(9)4(8)3(2)7;1-2/h1H;1-2H3. The lowest BCUT2D eigenvalue weighted by atomic mass is 10.5. The van der Waals surface area contributed by atoms with Crippen molar-refractivity contribution >= 4 is 90.4 Å². The van der Waals surface area contributed by atoms with Gasteiger partial charge in [0.05, 0.1) is 3.57 Å². The maximum absolute atomic E-state index is 4.21. The zero-order valence-corrected chi connectivity index (χ0v) is 15.2. The highest BCUT2D eigenvalue weighted by Gasteiger charge is 2.04. The van der Waals surface area contributed by atoms with Crippen LogP contribution in [0.3, 0.4) is 0 Å². The van der Waals surface area contributed by atoms with Crippen LogP contribution in [0.2, 0.25) is 0 Å². The molecular formula is C7H7I4N. The molecule has 0 aliphatic rings. The number of hydrogen-bond donors (Lipinski definition) is 0. The summed E-state index contributed by atoms with van der Waals surface area (Å²) >= 11 is 9.18. The van der Waals surface area contributed by atoms with Crippen LogP contribution in [-0.4, -0.2) is 4.98 Å². The van der Waals surface area contributed by atoms with Gasteiger partial charge in [-0.05, 0) is 90.4 Å². The lowest BCUT2D eigenvalue weighted by Crippen LogP contribution is -1.92. The van der Waals surface area contributed by atoms with Crippen molar-refractivity contribution in [3.63, 3.8) is 0 Å². The van der Waals surface area contributed by atoms with Gasteiger partial charge in [-0.3, -0.25) is 0 Å². The average Bonchev–Trinajstić information content (AvgIpc) is 2.12. The molecule has 5 heteroatoms. The van der Waals surface area contributed by atoms with E-state index in [1.807, 2.05) is 20.0 Å². The van der Waals surface area contributed by atoms with Gasteiger partial charge in [-0.15, -0.1) is 0 Å². The molecule has 12 heavy (non-hydrogen) atoms. The SMILES string of the molecule is CC.Ic1cnc(I)c(I)c1I. The first-order valence-corrected chi connectivity index (χ1v) is 7.59. The molecule has 0 fully saturated rings. The zero-order valence-electron chi connectivity index (χ0n) is 6.54. The van der Waals surface area contributed by atoms with E-state index in [9.17, 15) is 0 Å². The van der Waals surface area contributed by atoms with Crippen LogP contribution in [0.5, 0.6) is 0 Å². The maximum atomic E-state index is 4.21. The monoisotopic (exact) mass is 613 g/mol. The molecule has 0 aliphatic carbocycles. The van der Waals surface area contributed by atoms with E-state index >= 15 is 0 Å². The van der Waals surface area contributed by atoms with Crippen molar-refractivity contribution in [2.75, 3.05) is 0 Å². The van der Waals surface area contributed by atoms with Crippen LogP contribution in [0.15, 0.2) is 6.20 Å². The van der Waals surface area contributed by atoms with Crippen molar-refractivity contribution in [1.29, 1.82) is 0 Å². The first-order valence-electron chi connectivity index (χ1n) is 3.28. The molecule has 0 radical (unpaired) electrons. The summed E-state index contributed by atoms with van der Waals surface area (Å²) in [5.41, 5.74) is 0. The van der Waals surface area contributed by atoms with E-state index in [0.29, 0.717) is 0 Å². The van der Waals surface area contributed by atoms with Gasteiger partial charge in [-0.2, -0.15) is 0 Å². The summed E-state index contributed by atoms with van der Waals surface area (Å²) in [7, 11) is 0. The van der Waals surface area contributed by atoms with E-state index in [4.69, 9.17) is 0 Å². The minimum atomic E-state index is 1.09. The summed E-state index contributed by atoms with van der Waals surface area (Å²) < 4.78 is 4.87. The number of hydrogen-bond acceptors (Lipinski definition) is 1. The normalized spacial score (nSPS) is 8.83. The topological polar surface area (TPSA) is 12.9 Å². The van der Waals surface area contributed by atoms with Gasteiger partial charge in [0.25, 0.3) is 0 Å². The molecule has 0 bridgehead atoms. The summed E-state index contributed by atoms with van der Waals surface area (Å²) in [4.78, 5) is 4.21. The lowest BCUT2D eigenvalue weighted by molar-refractivity contribution is 1.21. The Morgan fingerprint density at radius 1 is 1.00 bits per heavy atom. The lowest BCUT2D eigenvalue weighted by Gasteiger charge is -1.99.